The normalized spacial score (nSPS) is 12.4. The number of aryl methyl sites for hydroxylation is 1. The first-order valence-corrected chi connectivity index (χ1v) is 9.23. The van der Waals surface area contributed by atoms with Crippen molar-refractivity contribution in [2.24, 2.45) is 0 Å². The summed E-state index contributed by atoms with van der Waals surface area (Å²) in [4.78, 5) is 40.3. The molecule has 29 heavy (non-hydrogen) atoms. The summed E-state index contributed by atoms with van der Waals surface area (Å²) in [5.41, 5.74) is 2.74. The van der Waals surface area contributed by atoms with Crippen molar-refractivity contribution < 1.29 is 19.1 Å². The molecule has 3 aromatic rings. The van der Waals surface area contributed by atoms with Crippen LogP contribution in [0, 0.1) is 6.92 Å². The van der Waals surface area contributed by atoms with E-state index in [1.807, 2.05) is 42.5 Å². The maximum Gasteiger partial charge on any atom is 0.355 e. The average molecular weight is 390 g/mol. The Hall–Kier alpha value is -3.67. The molecule has 0 bridgehead atoms. The highest BCUT2D eigenvalue weighted by atomic mass is 16.5. The minimum absolute atomic E-state index is 0.0287. The first kappa shape index (κ1) is 20.1. The van der Waals surface area contributed by atoms with Crippen LogP contribution in [0.15, 0.2) is 60.3 Å². The number of ether oxygens (including phenoxy) is 1. The van der Waals surface area contributed by atoms with Gasteiger partial charge in [-0.3, -0.25) is 9.59 Å². The van der Waals surface area contributed by atoms with Crippen molar-refractivity contribution in [2.45, 2.75) is 26.9 Å². The van der Waals surface area contributed by atoms with E-state index < -0.39 is 18.0 Å². The number of rotatable bonds is 6. The van der Waals surface area contributed by atoms with Crippen LogP contribution in [0.1, 0.15) is 35.5 Å². The van der Waals surface area contributed by atoms with Crippen molar-refractivity contribution in [1.29, 1.82) is 0 Å². The Morgan fingerprint density at radius 2 is 1.69 bits per heavy atom. The van der Waals surface area contributed by atoms with Gasteiger partial charge < -0.3 is 15.0 Å². The Kier molecular flexibility index (Phi) is 5.93. The van der Waals surface area contributed by atoms with Gasteiger partial charge in [0.2, 0.25) is 11.7 Å². The molecule has 0 radical (unpaired) electrons. The van der Waals surface area contributed by atoms with E-state index in [1.54, 1.807) is 19.1 Å². The number of benzene rings is 2. The van der Waals surface area contributed by atoms with Crippen molar-refractivity contribution in [3.8, 4) is 0 Å². The summed E-state index contributed by atoms with van der Waals surface area (Å²) >= 11 is 0. The van der Waals surface area contributed by atoms with E-state index in [2.05, 4.69) is 10.3 Å². The van der Waals surface area contributed by atoms with Crippen LogP contribution in [-0.4, -0.2) is 28.7 Å². The number of ketones is 1. The molecule has 1 aromatic heterocycles. The molecule has 0 fully saturated rings. The number of H-pyrrole nitrogens is 1. The molecule has 0 aliphatic heterocycles. The second-order valence-corrected chi connectivity index (χ2v) is 6.73. The molecule has 2 aromatic carbocycles. The minimum atomic E-state index is -1.02. The van der Waals surface area contributed by atoms with Gasteiger partial charge in [0.25, 0.3) is 0 Å². The smallest absolute Gasteiger partial charge is 0.355 e. The van der Waals surface area contributed by atoms with E-state index in [4.69, 9.17) is 4.74 Å². The predicted octanol–water partition coefficient (Wildman–Crippen LogP) is 3.77. The Morgan fingerprint density at radius 3 is 2.38 bits per heavy atom. The number of carbonyl (C=O) groups is 3. The molecule has 6 nitrogen and oxygen atoms in total. The molecule has 3 rings (SSSR count). The van der Waals surface area contributed by atoms with Crippen molar-refractivity contribution in [3.05, 3.63) is 77.1 Å². The van der Waals surface area contributed by atoms with Crippen LogP contribution in [-0.2, 0) is 14.3 Å². The predicted molar refractivity (Wildman–Crippen MR) is 111 cm³/mol. The highest BCUT2D eigenvalue weighted by Gasteiger charge is 2.26. The quantitative estimate of drug-likeness (QED) is 0.381. The van der Waals surface area contributed by atoms with Crippen LogP contribution >= 0.6 is 0 Å². The molecular formula is C23H22N2O4. The minimum Gasteiger partial charge on any atom is -0.450 e. The van der Waals surface area contributed by atoms with Gasteiger partial charge in [0, 0.05) is 29.1 Å². The molecule has 148 valence electrons. The highest BCUT2D eigenvalue weighted by molar-refractivity contribution is 6.12. The SMILES string of the molecule is CC(=O)N/C(=C\c1ccccc1)C(=O)O[C@@H](C)C(=O)c1c(C)[nH]c2ccccc12. The third kappa shape index (κ3) is 4.60. The van der Waals surface area contributed by atoms with Crippen LogP contribution in [0.2, 0.25) is 0 Å². The maximum atomic E-state index is 13.0. The first-order valence-electron chi connectivity index (χ1n) is 9.23. The standard InChI is InChI=1S/C23H22N2O4/c1-14-21(18-11-7-8-12-19(18)24-14)22(27)15(2)29-23(28)20(25-16(3)26)13-17-9-5-4-6-10-17/h4-13,15,24H,1-3H3,(H,25,26)/b20-13-/t15-/m0/s1. The molecule has 0 spiro atoms. The Bertz CT molecular complexity index is 1100. The van der Waals surface area contributed by atoms with Crippen LogP contribution in [0.5, 0.6) is 0 Å². The number of hydrogen-bond acceptors (Lipinski definition) is 4. The number of nitrogens with one attached hydrogen (secondary N) is 2. The number of esters is 1. The second-order valence-electron chi connectivity index (χ2n) is 6.73. The zero-order valence-corrected chi connectivity index (χ0v) is 16.5. The number of Topliss-reactive ketones (excluding diaryl/α,β-unsaturated/α-hetero) is 1. The fourth-order valence-electron chi connectivity index (χ4n) is 3.13. The Labute approximate surface area is 168 Å². The Morgan fingerprint density at radius 1 is 1.03 bits per heavy atom. The molecule has 1 atom stereocenters. The third-order valence-electron chi connectivity index (χ3n) is 4.43. The molecule has 2 N–H and O–H groups in total. The van der Waals surface area contributed by atoms with E-state index >= 15 is 0 Å². The van der Waals surface area contributed by atoms with Crippen LogP contribution in [0.3, 0.4) is 0 Å². The molecule has 0 aliphatic carbocycles. The van der Waals surface area contributed by atoms with Gasteiger partial charge in [-0.1, -0.05) is 48.5 Å². The van der Waals surface area contributed by atoms with Crippen molar-refractivity contribution in [1.82, 2.24) is 10.3 Å². The third-order valence-corrected chi connectivity index (χ3v) is 4.43. The highest BCUT2D eigenvalue weighted by Crippen LogP contribution is 2.24. The van der Waals surface area contributed by atoms with E-state index in [0.29, 0.717) is 11.3 Å². The molecule has 1 amide bonds. The summed E-state index contributed by atoms with van der Waals surface area (Å²) in [5.74, 6) is -1.49. The molecule has 0 aliphatic rings. The summed E-state index contributed by atoms with van der Waals surface area (Å²) < 4.78 is 5.39. The number of hydrogen-bond donors (Lipinski definition) is 2. The molecular weight excluding hydrogens is 368 g/mol. The lowest BCUT2D eigenvalue weighted by Gasteiger charge is -2.14. The summed E-state index contributed by atoms with van der Waals surface area (Å²) in [6, 6.07) is 16.5. The molecule has 6 heteroatoms. The molecule has 0 saturated heterocycles. The number of amides is 1. The van der Waals surface area contributed by atoms with Gasteiger partial charge in [-0.15, -0.1) is 0 Å². The van der Waals surface area contributed by atoms with Gasteiger partial charge in [0.1, 0.15) is 5.70 Å². The maximum absolute atomic E-state index is 13.0. The van der Waals surface area contributed by atoms with E-state index in [-0.39, 0.29) is 11.5 Å². The lowest BCUT2D eigenvalue weighted by Crippen LogP contribution is -2.31. The number of aromatic amines is 1. The van der Waals surface area contributed by atoms with Gasteiger partial charge in [0.15, 0.2) is 6.10 Å². The molecule has 1 heterocycles. The lowest BCUT2D eigenvalue weighted by molar-refractivity contribution is -0.142. The van der Waals surface area contributed by atoms with E-state index in [0.717, 1.165) is 16.5 Å². The van der Waals surface area contributed by atoms with Crippen LogP contribution in [0.4, 0.5) is 0 Å². The van der Waals surface area contributed by atoms with Gasteiger partial charge >= 0.3 is 5.97 Å². The van der Waals surface area contributed by atoms with E-state index in [1.165, 1.54) is 19.9 Å². The first-order chi connectivity index (χ1) is 13.9. The zero-order valence-electron chi connectivity index (χ0n) is 16.5. The van der Waals surface area contributed by atoms with Crippen molar-refractivity contribution >= 4 is 34.6 Å². The lowest BCUT2D eigenvalue weighted by atomic mass is 10.0. The van der Waals surface area contributed by atoms with Crippen molar-refractivity contribution in [3.63, 3.8) is 0 Å². The van der Waals surface area contributed by atoms with Gasteiger partial charge in [-0.2, -0.15) is 0 Å². The largest absolute Gasteiger partial charge is 0.450 e. The monoisotopic (exact) mass is 390 g/mol. The topological polar surface area (TPSA) is 88.3 Å². The second kappa shape index (κ2) is 8.56. The number of para-hydroxylation sites is 1. The number of carbonyl (C=O) groups excluding carboxylic acids is 3. The van der Waals surface area contributed by atoms with Crippen molar-refractivity contribution in [2.75, 3.05) is 0 Å². The van der Waals surface area contributed by atoms with E-state index in [9.17, 15) is 14.4 Å². The zero-order chi connectivity index (χ0) is 21.0. The summed E-state index contributed by atoms with van der Waals surface area (Å²) in [5, 5.41) is 3.26. The average Bonchev–Trinajstić information content (AvgIpc) is 3.02. The van der Waals surface area contributed by atoms with Gasteiger partial charge in [-0.25, -0.2) is 4.79 Å². The number of fused-ring (bicyclic) bond motifs is 1. The van der Waals surface area contributed by atoms with Gasteiger partial charge in [0.05, 0.1) is 0 Å². The molecule has 0 saturated carbocycles. The van der Waals surface area contributed by atoms with Gasteiger partial charge in [-0.05, 0) is 31.6 Å². The van der Waals surface area contributed by atoms with Crippen LogP contribution in [0.25, 0.3) is 17.0 Å². The summed E-state index contributed by atoms with van der Waals surface area (Å²) in [6.45, 7) is 4.63. The Balaban J connectivity index is 1.83. The number of aromatic nitrogens is 1. The summed E-state index contributed by atoms with van der Waals surface area (Å²) in [7, 11) is 0. The fraction of sp³-hybridized carbons (Fsp3) is 0.174. The fourth-order valence-corrected chi connectivity index (χ4v) is 3.13. The van der Waals surface area contributed by atoms with Crippen LogP contribution < -0.4 is 5.32 Å². The summed E-state index contributed by atoms with van der Waals surface area (Å²) in [6.07, 6.45) is 0.492. The molecule has 0 unspecified atom stereocenters.